The number of fused-ring (bicyclic) bond motifs is 3. The highest BCUT2D eigenvalue weighted by Crippen LogP contribution is 2.51. The number of aliphatic hydroxyl groups excluding tert-OH is 2. The molecule has 0 saturated carbocycles. The van der Waals surface area contributed by atoms with Gasteiger partial charge in [0.1, 0.15) is 22.8 Å². The first-order valence-corrected chi connectivity index (χ1v) is 11.5. The maximum atomic E-state index is 13.8. The van der Waals surface area contributed by atoms with Crippen LogP contribution >= 0.6 is 0 Å². The van der Waals surface area contributed by atoms with Crippen LogP contribution in [0.5, 0.6) is 5.75 Å². The normalized spacial score (nSPS) is 25.9. The zero-order valence-corrected chi connectivity index (χ0v) is 20.3. The van der Waals surface area contributed by atoms with E-state index in [9.17, 15) is 29.7 Å². The largest absolute Gasteiger partial charge is 0.511 e. The minimum atomic E-state index is -1.19. The van der Waals surface area contributed by atoms with E-state index in [0.29, 0.717) is 30.4 Å². The summed E-state index contributed by atoms with van der Waals surface area (Å²) in [7, 11) is 7.11. The van der Waals surface area contributed by atoms with E-state index in [0.717, 1.165) is 5.69 Å². The summed E-state index contributed by atoms with van der Waals surface area (Å²) in [6.45, 7) is 3.72. The second-order valence-corrected chi connectivity index (χ2v) is 9.95. The second kappa shape index (κ2) is 8.57. The van der Waals surface area contributed by atoms with Crippen molar-refractivity contribution in [2.45, 2.75) is 25.3 Å². The van der Waals surface area contributed by atoms with Crippen LogP contribution < -0.4 is 10.6 Å². The van der Waals surface area contributed by atoms with Crippen LogP contribution in [0.2, 0.25) is 0 Å². The van der Waals surface area contributed by atoms with Gasteiger partial charge >= 0.3 is 0 Å². The Morgan fingerprint density at radius 3 is 2.37 bits per heavy atom. The Hall–Kier alpha value is -3.59. The SMILES string of the molecule is C=CCc1cc(N(C)C)c2c(c1O)C(=O)C1=C(O)C3C(=O)C(C(N)=O)=C(O)[C@@H](N(C)C)C3CC1C2. The van der Waals surface area contributed by atoms with Crippen molar-refractivity contribution in [3.05, 3.63) is 58.1 Å². The molecule has 0 fully saturated rings. The standard InChI is InChI=1S/C26H31N3O6/c1-6-7-11-10-15(28(2)3)13-8-12-9-14-18(23(32)16(12)22(31)17(13)21(11)30)24(33)19(26(27)35)25(34)20(14)29(4)5/h6,10,12,14,18,20,30,32,34H,1,7-9H2,2-5H3,(H2,27,35)/t12?,14?,18?,20-/m0/s1. The van der Waals surface area contributed by atoms with E-state index in [1.54, 1.807) is 25.1 Å². The van der Waals surface area contributed by atoms with Gasteiger partial charge in [-0.25, -0.2) is 0 Å². The fourth-order valence-electron chi connectivity index (χ4n) is 6.08. The molecule has 1 amide bonds. The number of likely N-dealkylation sites (N-methyl/N-ethyl adjacent to an activating group) is 1. The molecule has 0 aliphatic heterocycles. The van der Waals surface area contributed by atoms with Crippen LogP contribution in [-0.2, 0) is 22.4 Å². The fraction of sp³-hybridized carbons (Fsp3) is 0.423. The third-order valence-corrected chi connectivity index (χ3v) is 7.47. The van der Waals surface area contributed by atoms with E-state index in [-0.39, 0.29) is 16.9 Å². The Morgan fingerprint density at radius 2 is 1.83 bits per heavy atom. The lowest BCUT2D eigenvalue weighted by atomic mass is 9.60. The molecule has 0 saturated heterocycles. The number of aliphatic hydroxyl groups is 2. The first-order valence-electron chi connectivity index (χ1n) is 11.5. The number of ketones is 2. The van der Waals surface area contributed by atoms with Crippen LogP contribution in [0.3, 0.4) is 0 Å². The number of Topliss-reactive ketones (excluding diaryl/α,β-unsaturated/α-hetero) is 2. The van der Waals surface area contributed by atoms with Crippen LogP contribution in [0.1, 0.15) is 27.9 Å². The number of phenols is 1. The van der Waals surface area contributed by atoms with Crippen LogP contribution in [0, 0.1) is 17.8 Å². The number of benzene rings is 1. The van der Waals surface area contributed by atoms with Crippen LogP contribution in [0.15, 0.2) is 41.4 Å². The van der Waals surface area contributed by atoms with Crippen LogP contribution in [0.25, 0.3) is 0 Å². The van der Waals surface area contributed by atoms with Crippen molar-refractivity contribution in [2.24, 2.45) is 23.5 Å². The van der Waals surface area contributed by atoms with Crippen molar-refractivity contribution < 1.29 is 29.7 Å². The number of primary amides is 1. The number of allylic oxidation sites excluding steroid dienone is 3. The number of carbonyl (C=O) groups is 3. The number of anilines is 1. The van der Waals surface area contributed by atoms with E-state index >= 15 is 0 Å². The van der Waals surface area contributed by atoms with Crippen molar-refractivity contribution in [2.75, 3.05) is 33.1 Å². The first-order chi connectivity index (χ1) is 16.4. The minimum Gasteiger partial charge on any atom is -0.511 e. The molecule has 0 spiro atoms. The third-order valence-electron chi connectivity index (χ3n) is 7.47. The average Bonchev–Trinajstić information content (AvgIpc) is 2.74. The Kier molecular flexibility index (Phi) is 6.00. The van der Waals surface area contributed by atoms with Gasteiger partial charge in [0.2, 0.25) is 0 Å². The van der Waals surface area contributed by atoms with Gasteiger partial charge in [0, 0.05) is 30.9 Å². The molecule has 0 radical (unpaired) electrons. The van der Waals surface area contributed by atoms with E-state index in [2.05, 4.69) is 6.58 Å². The lowest BCUT2D eigenvalue weighted by molar-refractivity contribution is -0.127. The van der Waals surface area contributed by atoms with E-state index in [1.807, 2.05) is 25.1 Å². The highest BCUT2D eigenvalue weighted by Gasteiger charge is 2.54. The molecule has 35 heavy (non-hydrogen) atoms. The van der Waals surface area contributed by atoms with E-state index < -0.39 is 58.4 Å². The zero-order chi connectivity index (χ0) is 25.9. The molecule has 0 heterocycles. The van der Waals surface area contributed by atoms with Gasteiger partial charge in [0.25, 0.3) is 5.91 Å². The summed E-state index contributed by atoms with van der Waals surface area (Å²) >= 11 is 0. The molecule has 0 aromatic heterocycles. The van der Waals surface area contributed by atoms with Crippen LogP contribution in [0.4, 0.5) is 5.69 Å². The van der Waals surface area contributed by atoms with Crippen molar-refractivity contribution >= 4 is 23.2 Å². The molecule has 3 aliphatic rings. The lowest BCUT2D eigenvalue weighted by Crippen LogP contribution is -2.53. The first kappa shape index (κ1) is 24.5. The summed E-state index contributed by atoms with van der Waals surface area (Å²) in [6.07, 6.45) is 2.66. The maximum Gasteiger partial charge on any atom is 0.255 e. The predicted octanol–water partition coefficient (Wildman–Crippen LogP) is 1.80. The molecule has 4 rings (SSSR count). The molecule has 1 aromatic carbocycles. The van der Waals surface area contributed by atoms with Gasteiger partial charge in [-0.1, -0.05) is 6.08 Å². The molecule has 0 bridgehead atoms. The summed E-state index contributed by atoms with van der Waals surface area (Å²) in [5.41, 5.74) is 7.03. The monoisotopic (exact) mass is 481 g/mol. The smallest absolute Gasteiger partial charge is 0.255 e. The lowest BCUT2D eigenvalue weighted by Gasteiger charge is -2.46. The second-order valence-electron chi connectivity index (χ2n) is 9.95. The fourth-order valence-corrected chi connectivity index (χ4v) is 6.08. The maximum absolute atomic E-state index is 13.8. The van der Waals surface area contributed by atoms with Gasteiger partial charge in [-0.05, 0) is 56.8 Å². The van der Waals surface area contributed by atoms with Crippen molar-refractivity contribution in [3.63, 3.8) is 0 Å². The number of phenolic OH excluding ortho intramolecular Hbond substituents is 1. The van der Waals surface area contributed by atoms with Crippen molar-refractivity contribution in [3.8, 4) is 5.75 Å². The molecule has 9 nitrogen and oxygen atoms in total. The van der Waals surface area contributed by atoms with E-state index in [1.165, 1.54) is 0 Å². The number of hydrogen-bond acceptors (Lipinski definition) is 8. The Labute approximate surface area is 203 Å². The van der Waals surface area contributed by atoms with E-state index in [4.69, 9.17) is 5.73 Å². The molecule has 3 unspecified atom stereocenters. The summed E-state index contributed by atoms with van der Waals surface area (Å²) < 4.78 is 0. The number of nitrogens with zero attached hydrogens (tertiary/aromatic N) is 2. The van der Waals surface area contributed by atoms with Crippen molar-refractivity contribution in [1.29, 1.82) is 0 Å². The molecule has 4 atom stereocenters. The van der Waals surface area contributed by atoms with Gasteiger partial charge in [0.05, 0.1) is 17.5 Å². The van der Waals surface area contributed by atoms with Crippen LogP contribution in [-0.4, -0.2) is 71.9 Å². The molecule has 5 N–H and O–H groups in total. The average molecular weight is 482 g/mol. The summed E-state index contributed by atoms with van der Waals surface area (Å²) in [5, 5.41) is 33.2. The van der Waals surface area contributed by atoms with Gasteiger partial charge in [0.15, 0.2) is 11.6 Å². The number of carbonyl (C=O) groups excluding carboxylic acids is 3. The number of hydrogen-bond donors (Lipinski definition) is 4. The van der Waals surface area contributed by atoms with Gasteiger partial charge in [-0.2, -0.15) is 0 Å². The summed E-state index contributed by atoms with van der Waals surface area (Å²) in [5.74, 6) is -5.58. The number of amides is 1. The quantitative estimate of drug-likeness (QED) is 0.368. The van der Waals surface area contributed by atoms with Gasteiger partial charge in [-0.3, -0.25) is 19.3 Å². The Balaban J connectivity index is 1.94. The third kappa shape index (κ3) is 3.53. The summed E-state index contributed by atoms with van der Waals surface area (Å²) in [4.78, 5) is 42.6. The molecule has 3 aliphatic carbocycles. The number of nitrogens with two attached hydrogens (primary N) is 1. The van der Waals surface area contributed by atoms with Gasteiger partial charge in [-0.15, -0.1) is 6.58 Å². The molecule has 9 heteroatoms. The van der Waals surface area contributed by atoms with Gasteiger partial charge < -0.3 is 26.0 Å². The number of rotatable bonds is 5. The van der Waals surface area contributed by atoms with Crippen molar-refractivity contribution in [1.82, 2.24) is 4.90 Å². The Morgan fingerprint density at radius 1 is 1.17 bits per heavy atom. The minimum absolute atomic E-state index is 0.0746. The molecular weight excluding hydrogens is 450 g/mol. The summed E-state index contributed by atoms with van der Waals surface area (Å²) in [6, 6.07) is 1.10. The topological polar surface area (TPSA) is 144 Å². The molecule has 1 aromatic rings. The highest BCUT2D eigenvalue weighted by atomic mass is 16.3. The highest BCUT2D eigenvalue weighted by molar-refractivity contribution is 6.22. The molecular formula is C26H31N3O6. The number of aromatic hydroxyl groups is 1. The zero-order valence-electron chi connectivity index (χ0n) is 20.3. The molecule has 186 valence electrons. The predicted molar refractivity (Wildman–Crippen MR) is 130 cm³/mol. The Bertz CT molecular complexity index is 1230.